The number of aromatic nitrogens is 3. The maximum Gasteiger partial charge on any atom is 0.277 e. The number of nitrogens with one attached hydrogen (secondary N) is 1. The van der Waals surface area contributed by atoms with Gasteiger partial charge in [0.2, 0.25) is 11.8 Å². The Morgan fingerprint density at radius 1 is 1.06 bits per heavy atom. The molecule has 2 amide bonds. The Bertz CT molecular complexity index is 1070. The van der Waals surface area contributed by atoms with Crippen molar-refractivity contribution in [3.63, 3.8) is 0 Å². The van der Waals surface area contributed by atoms with Crippen molar-refractivity contribution in [2.75, 3.05) is 13.1 Å². The summed E-state index contributed by atoms with van der Waals surface area (Å²) in [4.78, 5) is 46.7. The van der Waals surface area contributed by atoms with Gasteiger partial charge in [-0.25, -0.2) is 9.50 Å². The quantitative estimate of drug-likeness (QED) is 0.801. The van der Waals surface area contributed by atoms with Crippen molar-refractivity contribution >= 4 is 17.5 Å². The zero-order chi connectivity index (χ0) is 21.5. The van der Waals surface area contributed by atoms with Gasteiger partial charge in [0.1, 0.15) is 0 Å². The number of carbonyl (C=O) groups is 2. The number of aromatic amines is 1. The maximum absolute atomic E-state index is 13.3. The molecule has 3 aliphatic rings. The molecule has 2 aromatic rings. The summed E-state index contributed by atoms with van der Waals surface area (Å²) in [6.45, 7) is 3.21. The third kappa shape index (κ3) is 3.66. The van der Waals surface area contributed by atoms with Crippen LogP contribution in [0.5, 0.6) is 0 Å². The molecule has 1 aliphatic carbocycles. The lowest BCUT2D eigenvalue weighted by Crippen LogP contribution is -2.42. The van der Waals surface area contributed by atoms with Crippen LogP contribution in [-0.4, -0.2) is 49.3 Å². The van der Waals surface area contributed by atoms with Crippen molar-refractivity contribution in [3.8, 4) is 0 Å². The molecule has 1 saturated heterocycles. The number of likely N-dealkylation sites (tertiary alicyclic amines) is 1. The van der Waals surface area contributed by atoms with Crippen molar-refractivity contribution in [3.05, 3.63) is 33.4 Å². The second-order valence-electron chi connectivity index (χ2n) is 9.32. The van der Waals surface area contributed by atoms with Crippen LogP contribution >= 0.6 is 0 Å². The van der Waals surface area contributed by atoms with E-state index in [9.17, 15) is 14.4 Å². The molecule has 8 heteroatoms. The van der Waals surface area contributed by atoms with Crippen LogP contribution in [0.4, 0.5) is 0 Å². The van der Waals surface area contributed by atoms with Gasteiger partial charge in [-0.1, -0.05) is 19.3 Å². The summed E-state index contributed by atoms with van der Waals surface area (Å²) < 4.78 is 1.50. The van der Waals surface area contributed by atoms with Crippen LogP contribution < -0.4 is 5.56 Å². The van der Waals surface area contributed by atoms with Crippen LogP contribution in [0.1, 0.15) is 81.3 Å². The van der Waals surface area contributed by atoms with Gasteiger partial charge in [-0.2, -0.15) is 0 Å². The SMILES string of the molecule is CC(=O)N1CCc2nc3cc([C@H]4CCCCN4C(=O)C4CCCCC4)[nH]n3c(=O)c2C1. The maximum atomic E-state index is 13.3. The molecule has 31 heavy (non-hydrogen) atoms. The lowest BCUT2D eigenvalue weighted by molar-refractivity contribution is -0.140. The van der Waals surface area contributed by atoms with Gasteiger partial charge in [0.25, 0.3) is 5.56 Å². The standard InChI is InChI=1S/C23H31N5O3/c1-15(29)26-12-10-18-17(14-26)23(31)28-21(24-18)13-19(25-28)20-9-5-6-11-27(20)22(30)16-7-3-2-4-8-16/h13,16,20,25H,2-12,14H2,1H3/t20-/m1/s1. The lowest BCUT2D eigenvalue weighted by Gasteiger charge is -2.38. The van der Waals surface area contributed by atoms with Crippen molar-refractivity contribution in [1.82, 2.24) is 24.4 Å². The monoisotopic (exact) mass is 425 g/mol. The Hall–Kier alpha value is -2.64. The minimum absolute atomic E-state index is 0.0265. The fraction of sp³-hybridized carbons (Fsp3) is 0.652. The number of fused-ring (bicyclic) bond motifs is 2. The van der Waals surface area contributed by atoms with Gasteiger partial charge < -0.3 is 9.80 Å². The molecule has 0 unspecified atom stereocenters. The highest BCUT2D eigenvalue weighted by molar-refractivity contribution is 5.79. The second kappa shape index (κ2) is 8.13. The summed E-state index contributed by atoms with van der Waals surface area (Å²) in [7, 11) is 0. The normalized spacial score (nSPS) is 22.5. The highest BCUT2D eigenvalue weighted by Crippen LogP contribution is 2.34. The van der Waals surface area contributed by atoms with Crippen molar-refractivity contribution in [2.24, 2.45) is 5.92 Å². The van der Waals surface area contributed by atoms with Crippen LogP contribution in [0.2, 0.25) is 0 Å². The molecule has 0 aromatic carbocycles. The van der Waals surface area contributed by atoms with E-state index >= 15 is 0 Å². The summed E-state index contributed by atoms with van der Waals surface area (Å²) >= 11 is 0. The average molecular weight is 426 g/mol. The van der Waals surface area contributed by atoms with Crippen LogP contribution in [0, 0.1) is 5.92 Å². The molecular weight excluding hydrogens is 394 g/mol. The minimum atomic E-state index is -0.141. The minimum Gasteiger partial charge on any atom is -0.338 e. The van der Waals surface area contributed by atoms with E-state index < -0.39 is 0 Å². The largest absolute Gasteiger partial charge is 0.338 e. The number of hydrogen-bond donors (Lipinski definition) is 1. The molecule has 1 N–H and O–H groups in total. The Morgan fingerprint density at radius 2 is 1.84 bits per heavy atom. The predicted molar refractivity (Wildman–Crippen MR) is 115 cm³/mol. The summed E-state index contributed by atoms with van der Waals surface area (Å²) in [6, 6.07) is 1.91. The number of rotatable bonds is 2. The Kier molecular flexibility index (Phi) is 5.32. The first-order chi connectivity index (χ1) is 15.0. The van der Waals surface area contributed by atoms with Crippen LogP contribution in [0.25, 0.3) is 5.65 Å². The fourth-order valence-corrected chi connectivity index (χ4v) is 5.54. The molecule has 5 rings (SSSR count). The Balaban J connectivity index is 1.48. The molecule has 1 saturated carbocycles. The summed E-state index contributed by atoms with van der Waals surface area (Å²) in [6.07, 6.45) is 9.10. The zero-order valence-corrected chi connectivity index (χ0v) is 18.2. The first-order valence-corrected chi connectivity index (χ1v) is 11.7. The molecule has 166 valence electrons. The van der Waals surface area contributed by atoms with Crippen molar-refractivity contribution in [2.45, 2.75) is 77.3 Å². The molecule has 0 radical (unpaired) electrons. The van der Waals surface area contributed by atoms with Crippen LogP contribution in [-0.2, 0) is 22.6 Å². The third-order valence-corrected chi connectivity index (χ3v) is 7.33. The smallest absolute Gasteiger partial charge is 0.277 e. The summed E-state index contributed by atoms with van der Waals surface area (Å²) in [5.74, 6) is 0.394. The molecule has 8 nitrogen and oxygen atoms in total. The van der Waals surface area contributed by atoms with E-state index in [1.807, 2.05) is 11.0 Å². The Labute approximate surface area is 181 Å². The van der Waals surface area contributed by atoms with Gasteiger partial charge in [0.15, 0.2) is 5.65 Å². The summed E-state index contributed by atoms with van der Waals surface area (Å²) in [5.41, 5.74) is 2.72. The van der Waals surface area contributed by atoms with Crippen molar-refractivity contribution in [1.29, 1.82) is 0 Å². The molecule has 0 spiro atoms. The van der Waals surface area contributed by atoms with Gasteiger partial charge in [0, 0.05) is 38.4 Å². The van der Waals surface area contributed by atoms with E-state index in [0.717, 1.165) is 62.9 Å². The van der Waals surface area contributed by atoms with E-state index in [2.05, 4.69) is 5.10 Å². The highest BCUT2D eigenvalue weighted by Gasteiger charge is 2.34. The summed E-state index contributed by atoms with van der Waals surface area (Å²) in [5, 5.41) is 3.26. The number of nitrogens with zero attached hydrogens (tertiary/aromatic N) is 4. The zero-order valence-electron chi connectivity index (χ0n) is 18.2. The molecule has 2 fully saturated rings. The topological polar surface area (TPSA) is 90.8 Å². The molecular formula is C23H31N5O3. The van der Waals surface area contributed by atoms with E-state index in [-0.39, 0.29) is 29.3 Å². The molecule has 0 bridgehead atoms. The lowest BCUT2D eigenvalue weighted by atomic mass is 9.87. The third-order valence-electron chi connectivity index (χ3n) is 7.33. The van der Waals surface area contributed by atoms with Gasteiger partial charge in [-0.3, -0.25) is 19.5 Å². The molecule has 2 aliphatic heterocycles. The number of hydrogen-bond acceptors (Lipinski definition) is 4. The number of amides is 2. The number of piperidine rings is 1. The van der Waals surface area contributed by atoms with Gasteiger partial charge in [-0.05, 0) is 32.1 Å². The first-order valence-electron chi connectivity index (χ1n) is 11.7. The molecule has 1 atom stereocenters. The van der Waals surface area contributed by atoms with Crippen LogP contribution in [0.3, 0.4) is 0 Å². The van der Waals surface area contributed by atoms with Gasteiger partial charge in [-0.15, -0.1) is 0 Å². The predicted octanol–water partition coefficient (Wildman–Crippen LogP) is 2.56. The van der Waals surface area contributed by atoms with Gasteiger partial charge in [0.05, 0.1) is 29.5 Å². The van der Waals surface area contributed by atoms with E-state index in [4.69, 9.17) is 4.98 Å². The number of H-pyrrole nitrogens is 1. The molecule has 2 aromatic heterocycles. The second-order valence-corrected chi connectivity index (χ2v) is 9.32. The Morgan fingerprint density at radius 3 is 2.61 bits per heavy atom. The highest BCUT2D eigenvalue weighted by atomic mass is 16.2. The van der Waals surface area contributed by atoms with E-state index in [0.29, 0.717) is 30.7 Å². The average Bonchev–Trinajstić information content (AvgIpc) is 3.23. The van der Waals surface area contributed by atoms with E-state index in [1.54, 1.807) is 4.90 Å². The number of carbonyl (C=O) groups excluding carboxylic acids is 2. The van der Waals surface area contributed by atoms with Gasteiger partial charge >= 0.3 is 0 Å². The van der Waals surface area contributed by atoms with Crippen LogP contribution in [0.15, 0.2) is 10.9 Å². The van der Waals surface area contributed by atoms with E-state index in [1.165, 1.54) is 17.9 Å². The molecule has 4 heterocycles. The van der Waals surface area contributed by atoms with Crippen molar-refractivity contribution < 1.29 is 9.59 Å². The first kappa shape index (κ1) is 20.3. The fourth-order valence-electron chi connectivity index (χ4n) is 5.54.